The summed E-state index contributed by atoms with van der Waals surface area (Å²) in [6, 6.07) is 0. The van der Waals surface area contributed by atoms with Crippen molar-refractivity contribution in [3.05, 3.63) is 0 Å². The number of carbonyl (C=O) groups is 1. The molecule has 5 heteroatoms. The summed E-state index contributed by atoms with van der Waals surface area (Å²) in [5, 5.41) is 10.1. The minimum atomic E-state index is -0.339. The van der Waals surface area contributed by atoms with Crippen molar-refractivity contribution in [2.75, 3.05) is 25.4 Å². The zero-order chi connectivity index (χ0) is 11.8. The molecule has 2 rings (SSSR count). The summed E-state index contributed by atoms with van der Waals surface area (Å²) in [5.74, 6) is 1.20. The molecule has 0 radical (unpaired) electrons. The predicted molar refractivity (Wildman–Crippen MR) is 65.1 cm³/mol. The van der Waals surface area contributed by atoms with E-state index in [1.54, 1.807) is 6.92 Å². The van der Waals surface area contributed by atoms with E-state index in [-0.39, 0.29) is 17.0 Å². The van der Waals surface area contributed by atoms with Crippen LogP contribution in [0.2, 0.25) is 0 Å². The van der Waals surface area contributed by atoms with Crippen molar-refractivity contribution < 1.29 is 9.90 Å². The van der Waals surface area contributed by atoms with Gasteiger partial charge in [-0.2, -0.15) is 0 Å². The summed E-state index contributed by atoms with van der Waals surface area (Å²) in [7, 11) is 0. The Balaban J connectivity index is 1.97. The van der Waals surface area contributed by atoms with Gasteiger partial charge in [0.1, 0.15) is 11.1 Å². The Morgan fingerprint density at radius 3 is 2.81 bits per heavy atom. The molecular weight excluding hydrogens is 224 g/mol. The molecule has 1 atom stereocenters. The molecule has 1 N–H and O–H groups in total. The van der Waals surface area contributed by atoms with Crippen molar-refractivity contribution in [1.82, 2.24) is 9.80 Å². The molecule has 0 aromatic rings. The topological polar surface area (TPSA) is 43.8 Å². The van der Waals surface area contributed by atoms with Crippen LogP contribution in [-0.2, 0) is 4.79 Å². The first kappa shape index (κ1) is 12.2. The summed E-state index contributed by atoms with van der Waals surface area (Å²) in [6.07, 6.45) is 1.48. The van der Waals surface area contributed by atoms with E-state index in [2.05, 4.69) is 11.8 Å². The minimum Gasteiger partial charge on any atom is -0.378 e. The van der Waals surface area contributed by atoms with Gasteiger partial charge in [-0.25, -0.2) is 0 Å². The van der Waals surface area contributed by atoms with Crippen LogP contribution in [0.3, 0.4) is 0 Å². The van der Waals surface area contributed by atoms with Gasteiger partial charge in [0.25, 0.3) is 0 Å². The number of carbonyl (C=O) groups excluding carboxylic acids is 1. The van der Waals surface area contributed by atoms with Crippen LogP contribution in [-0.4, -0.2) is 57.3 Å². The average molecular weight is 244 g/mol. The third-order valence-electron chi connectivity index (χ3n) is 3.45. The van der Waals surface area contributed by atoms with Gasteiger partial charge in [0.05, 0.1) is 13.1 Å². The summed E-state index contributed by atoms with van der Waals surface area (Å²) in [4.78, 5) is 15.3. The summed E-state index contributed by atoms with van der Waals surface area (Å²) >= 11 is 1.89. The Morgan fingerprint density at radius 1 is 1.56 bits per heavy atom. The third kappa shape index (κ3) is 1.96. The second-order valence-electron chi connectivity index (χ2n) is 4.63. The second-order valence-corrected chi connectivity index (χ2v) is 6.09. The lowest BCUT2D eigenvalue weighted by Gasteiger charge is -2.52. The minimum absolute atomic E-state index is 0.0141. The van der Waals surface area contributed by atoms with Crippen LogP contribution in [0.15, 0.2) is 0 Å². The molecule has 0 aromatic carbocycles. The molecule has 0 saturated carbocycles. The molecule has 1 unspecified atom stereocenters. The molecule has 2 saturated heterocycles. The number of hydrogen-bond acceptors (Lipinski definition) is 4. The maximum atomic E-state index is 11.2. The summed E-state index contributed by atoms with van der Waals surface area (Å²) in [6.45, 7) is 6.18. The molecule has 2 aliphatic heterocycles. The molecule has 2 heterocycles. The highest BCUT2D eigenvalue weighted by Crippen LogP contribution is 2.44. The molecule has 92 valence electrons. The van der Waals surface area contributed by atoms with Gasteiger partial charge in [0.2, 0.25) is 5.91 Å². The summed E-state index contributed by atoms with van der Waals surface area (Å²) in [5.41, 5.74) is 0. The Hall–Kier alpha value is -0.260. The Morgan fingerprint density at radius 2 is 2.25 bits per heavy atom. The number of nitrogens with zero attached hydrogens (tertiary/aromatic N) is 2. The van der Waals surface area contributed by atoms with Gasteiger partial charge in [0.15, 0.2) is 0 Å². The van der Waals surface area contributed by atoms with E-state index in [4.69, 9.17) is 0 Å². The number of hydrogen-bond donors (Lipinski definition) is 1. The second kappa shape index (κ2) is 4.55. The van der Waals surface area contributed by atoms with E-state index in [1.165, 1.54) is 0 Å². The normalized spacial score (nSPS) is 25.8. The van der Waals surface area contributed by atoms with Crippen LogP contribution in [0.1, 0.15) is 26.7 Å². The highest BCUT2D eigenvalue weighted by Gasteiger charge is 2.53. The number of amides is 1. The maximum absolute atomic E-state index is 11.2. The van der Waals surface area contributed by atoms with Gasteiger partial charge in [-0.3, -0.25) is 9.69 Å². The lowest BCUT2D eigenvalue weighted by atomic mass is 10.1. The van der Waals surface area contributed by atoms with Crippen LogP contribution in [0.4, 0.5) is 0 Å². The molecule has 1 amide bonds. The first-order valence-corrected chi connectivity index (χ1v) is 6.92. The Bertz CT molecular complexity index is 279. The van der Waals surface area contributed by atoms with Crippen LogP contribution < -0.4 is 0 Å². The smallest absolute Gasteiger partial charge is 0.219 e. The van der Waals surface area contributed by atoms with Gasteiger partial charge in [0, 0.05) is 19.2 Å². The SMILES string of the molecule is CCCC(O)N1CCSC12CN(C(C)=O)C2. The van der Waals surface area contributed by atoms with Gasteiger partial charge >= 0.3 is 0 Å². The van der Waals surface area contributed by atoms with Crippen molar-refractivity contribution >= 4 is 17.7 Å². The average Bonchev–Trinajstić information content (AvgIpc) is 2.59. The molecule has 0 aromatic heterocycles. The first-order chi connectivity index (χ1) is 7.59. The zero-order valence-electron chi connectivity index (χ0n) is 9.98. The number of rotatable bonds is 3. The van der Waals surface area contributed by atoms with E-state index in [0.717, 1.165) is 38.2 Å². The van der Waals surface area contributed by atoms with E-state index >= 15 is 0 Å². The standard InChI is InChI=1S/C11H20N2O2S/c1-3-4-10(15)13-5-6-16-11(13)7-12(8-11)9(2)14/h10,15H,3-8H2,1-2H3. The van der Waals surface area contributed by atoms with E-state index in [9.17, 15) is 9.90 Å². The predicted octanol–water partition coefficient (Wildman–Crippen LogP) is 0.712. The van der Waals surface area contributed by atoms with Crippen molar-refractivity contribution in [1.29, 1.82) is 0 Å². The fourth-order valence-corrected chi connectivity index (χ4v) is 4.04. The lowest BCUT2D eigenvalue weighted by Crippen LogP contribution is -2.68. The van der Waals surface area contributed by atoms with E-state index < -0.39 is 0 Å². The largest absolute Gasteiger partial charge is 0.378 e. The summed E-state index contributed by atoms with van der Waals surface area (Å²) < 4.78 is 0. The fraction of sp³-hybridized carbons (Fsp3) is 0.909. The first-order valence-electron chi connectivity index (χ1n) is 5.93. The van der Waals surface area contributed by atoms with Crippen molar-refractivity contribution in [3.8, 4) is 0 Å². The van der Waals surface area contributed by atoms with Crippen LogP contribution >= 0.6 is 11.8 Å². The molecule has 16 heavy (non-hydrogen) atoms. The lowest BCUT2D eigenvalue weighted by molar-refractivity contribution is -0.143. The van der Waals surface area contributed by atoms with Crippen molar-refractivity contribution in [2.45, 2.75) is 37.8 Å². The molecule has 4 nitrogen and oxygen atoms in total. The highest BCUT2D eigenvalue weighted by atomic mass is 32.2. The molecule has 0 bridgehead atoms. The number of likely N-dealkylation sites (tertiary alicyclic amines) is 1. The highest BCUT2D eigenvalue weighted by molar-refractivity contribution is 8.01. The Labute approximate surface area is 101 Å². The molecular formula is C11H20N2O2S. The maximum Gasteiger partial charge on any atom is 0.219 e. The van der Waals surface area contributed by atoms with E-state index in [0.29, 0.717) is 0 Å². The van der Waals surface area contributed by atoms with Gasteiger partial charge in [-0.1, -0.05) is 13.3 Å². The van der Waals surface area contributed by atoms with Crippen LogP contribution in [0, 0.1) is 0 Å². The van der Waals surface area contributed by atoms with Gasteiger partial charge in [-0.15, -0.1) is 11.8 Å². The van der Waals surface area contributed by atoms with Crippen LogP contribution in [0.25, 0.3) is 0 Å². The van der Waals surface area contributed by atoms with E-state index in [1.807, 2.05) is 16.7 Å². The molecule has 2 fully saturated rings. The van der Waals surface area contributed by atoms with Crippen molar-refractivity contribution in [2.24, 2.45) is 0 Å². The number of aliphatic hydroxyl groups excluding tert-OH is 1. The van der Waals surface area contributed by atoms with Gasteiger partial charge < -0.3 is 10.0 Å². The zero-order valence-corrected chi connectivity index (χ0v) is 10.8. The number of thioether (sulfide) groups is 1. The quantitative estimate of drug-likeness (QED) is 0.794. The van der Waals surface area contributed by atoms with Gasteiger partial charge in [-0.05, 0) is 6.42 Å². The monoisotopic (exact) mass is 244 g/mol. The number of aliphatic hydroxyl groups is 1. The Kier molecular flexibility index (Phi) is 3.47. The molecule has 2 aliphatic rings. The van der Waals surface area contributed by atoms with Crippen LogP contribution in [0.5, 0.6) is 0 Å². The third-order valence-corrected chi connectivity index (χ3v) is 4.87. The molecule has 0 aliphatic carbocycles. The van der Waals surface area contributed by atoms with Crippen molar-refractivity contribution in [3.63, 3.8) is 0 Å². The fourth-order valence-electron chi connectivity index (χ4n) is 2.50. The molecule has 1 spiro atoms.